The first-order valence-corrected chi connectivity index (χ1v) is 13.2. The van der Waals surface area contributed by atoms with Crippen molar-refractivity contribution in [1.82, 2.24) is 0 Å². The molecule has 0 bridgehead atoms. The Morgan fingerprint density at radius 2 is 0.970 bits per heavy atom. The summed E-state index contributed by atoms with van der Waals surface area (Å²) in [6, 6.07) is 40.9. The predicted octanol–water partition coefficient (Wildman–Crippen LogP) is 8.30. The zero-order valence-corrected chi connectivity index (χ0v) is 19.4. The van der Waals surface area contributed by atoms with Gasteiger partial charge in [0.05, 0.1) is 0 Å². The van der Waals surface area contributed by atoms with Gasteiger partial charge >= 0.3 is 0 Å². The molecular formula is C31H23OP. The van der Waals surface area contributed by atoms with Gasteiger partial charge in [-0.25, -0.2) is 0 Å². The quantitative estimate of drug-likeness (QED) is 0.199. The first kappa shape index (κ1) is 20.0. The molecule has 0 amide bonds. The zero-order valence-electron chi connectivity index (χ0n) is 18.4. The van der Waals surface area contributed by atoms with Gasteiger partial charge in [0, 0.05) is 5.30 Å². The van der Waals surface area contributed by atoms with E-state index in [0.717, 1.165) is 10.9 Å². The largest absolute Gasteiger partial charge is 0.322 e. The lowest BCUT2D eigenvalue weighted by molar-refractivity contribution is 0.596. The van der Waals surface area contributed by atoms with Crippen LogP contribution in [-0.4, -0.2) is 6.66 Å². The zero-order chi connectivity index (χ0) is 22.4. The third-order valence-electron chi connectivity index (χ3n) is 6.57. The average molecular weight is 442 g/mol. The molecule has 0 aromatic heterocycles. The van der Waals surface area contributed by atoms with E-state index in [9.17, 15) is 4.57 Å². The van der Waals surface area contributed by atoms with Crippen LogP contribution in [0.15, 0.2) is 115 Å². The molecule has 0 fully saturated rings. The van der Waals surface area contributed by atoms with Crippen LogP contribution >= 0.6 is 7.80 Å². The van der Waals surface area contributed by atoms with Gasteiger partial charge in [0.2, 0.25) is 0 Å². The van der Waals surface area contributed by atoms with Gasteiger partial charge in [-0.15, -0.1) is 0 Å². The van der Waals surface area contributed by atoms with Gasteiger partial charge in [0.1, 0.15) is 7.80 Å². The Hall–Kier alpha value is -3.67. The molecule has 0 saturated carbocycles. The number of benzene rings is 6. The van der Waals surface area contributed by atoms with Crippen molar-refractivity contribution in [2.75, 3.05) is 6.66 Å². The third-order valence-corrected chi connectivity index (χ3v) is 7.72. The summed E-state index contributed by atoms with van der Waals surface area (Å²) in [5.41, 5.74) is 4.91. The molecular weight excluding hydrogens is 419 g/mol. The monoisotopic (exact) mass is 442 g/mol. The molecule has 0 saturated heterocycles. The van der Waals surface area contributed by atoms with E-state index >= 15 is 0 Å². The maximum absolute atomic E-state index is 12.0. The Morgan fingerprint density at radius 1 is 0.485 bits per heavy atom. The van der Waals surface area contributed by atoms with E-state index in [-0.39, 0.29) is 0 Å². The van der Waals surface area contributed by atoms with E-state index in [0.29, 0.717) is 0 Å². The molecule has 0 spiro atoms. The molecule has 6 rings (SSSR count). The molecule has 2 heteroatoms. The van der Waals surface area contributed by atoms with E-state index in [1.165, 1.54) is 49.0 Å². The van der Waals surface area contributed by atoms with E-state index in [4.69, 9.17) is 0 Å². The summed E-state index contributed by atoms with van der Waals surface area (Å²) in [6.07, 6.45) is 0. The van der Waals surface area contributed by atoms with Gasteiger partial charge in [0.15, 0.2) is 0 Å². The highest BCUT2D eigenvalue weighted by Crippen LogP contribution is 2.45. The molecule has 0 N–H and O–H groups in total. The predicted molar refractivity (Wildman–Crippen MR) is 144 cm³/mol. The summed E-state index contributed by atoms with van der Waals surface area (Å²) in [7, 11) is -1.71. The highest BCUT2D eigenvalue weighted by atomic mass is 31.1. The lowest BCUT2D eigenvalue weighted by Gasteiger charge is -2.19. The van der Waals surface area contributed by atoms with Gasteiger partial charge in [-0.2, -0.15) is 0 Å². The molecule has 1 atom stereocenters. The van der Waals surface area contributed by atoms with Crippen LogP contribution in [0.3, 0.4) is 0 Å². The second-order valence-corrected chi connectivity index (χ2v) is 10.2. The summed E-state index contributed by atoms with van der Waals surface area (Å²) < 4.78 is 12.0. The smallest absolute Gasteiger partial charge is 0.101 e. The van der Waals surface area contributed by atoms with Crippen LogP contribution in [0.4, 0.5) is 0 Å². The molecule has 6 aromatic rings. The average Bonchev–Trinajstić information content (AvgIpc) is 2.87. The van der Waals surface area contributed by atoms with E-state index < -0.39 is 7.80 Å². The number of fused-ring (bicyclic) bond motifs is 3. The highest BCUT2D eigenvalue weighted by molar-refractivity contribution is 7.52. The first-order valence-electron chi connectivity index (χ1n) is 11.3. The minimum Gasteiger partial charge on any atom is -0.322 e. The fraction of sp³-hybridized carbons (Fsp3) is 0.0323. The lowest BCUT2D eigenvalue weighted by atomic mass is 9.85. The Kier molecular flexibility index (Phi) is 4.86. The van der Waals surface area contributed by atoms with Crippen LogP contribution in [0, 0.1) is 0 Å². The molecule has 0 aliphatic heterocycles. The molecule has 0 aliphatic carbocycles. The Morgan fingerprint density at radius 3 is 1.55 bits per heavy atom. The second kappa shape index (κ2) is 8.03. The van der Waals surface area contributed by atoms with E-state index in [1.807, 2.05) is 12.1 Å². The van der Waals surface area contributed by atoms with Crippen LogP contribution < -0.4 is 5.30 Å². The molecule has 0 aliphatic rings. The van der Waals surface area contributed by atoms with Crippen molar-refractivity contribution < 1.29 is 4.57 Å². The lowest BCUT2D eigenvalue weighted by Crippen LogP contribution is -1.95. The summed E-state index contributed by atoms with van der Waals surface area (Å²) in [5.74, 6) is 0. The van der Waals surface area contributed by atoms with Crippen LogP contribution in [-0.2, 0) is 4.57 Å². The number of hydrogen-bond acceptors (Lipinski definition) is 1. The maximum atomic E-state index is 12.0. The molecule has 0 heterocycles. The summed E-state index contributed by atoms with van der Waals surface area (Å²) >= 11 is 0. The normalized spacial score (nSPS) is 12.4. The molecule has 1 nitrogen and oxygen atoms in total. The number of rotatable bonds is 3. The fourth-order valence-corrected chi connectivity index (χ4v) is 5.68. The summed E-state index contributed by atoms with van der Waals surface area (Å²) in [4.78, 5) is 0. The van der Waals surface area contributed by atoms with E-state index in [2.05, 4.69) is 103 Å². The Balaban J connectivity index is 1.76. The van der Waals surface area contributed by atoms with Crippen molar-refractivity contribution in [3.8, 4) is 22.3 Å². The topological polar surface area (TPSA) is 17.1 Å². The third kappa shape index (κ3) is 3.28. The highest BCUT2D eigenvalue weighted by Gasteiger charge is 2.17. The summed E-state index contributed by atoms with van der Waals surface area (Å²) in [6.45, 7) is 1.80. The van der Waals surface area contributed by atoms with Gasteiger partial charge in [-0.3, -0.25) is 0 Å². The second-order valence-electron chi connectivity index (χ2n) is 8.50. The van der Waals surface area contributed by atoms with Crippen molar-refractivity contribution in [1.29, 1.82) is 0 Å². The van der Waals surface area contributed by atoms with Crippen LogP contribution in [0.5, 0.6) is 0 Å². The molecule has 0 radical (unpaired) electrons. The maximum Gasteiger partial charge on any atom is 0.101 e. The van der Waals surface area contributed by atoms with Crippen molar-refractivity contribution in [2.45, 2.75) is 0 Å². The SMILES string of the molecule is C[PH](=O)c1ccc(-c2c3ccccc3c(-c3cccc4ccccc34)c3ccccc23)cc1. The Bertz CT molecular complexity index is 1620. The van der Waals surface area contributed by atoms with Crippen LogP contribution in [0.25, 0.3) is 54.6 Å². The fourth-order valence-electron chi connectivity index (χ4n) is 5.04. The summed E-state index contributed by atoms with van der Waals surface area (Å²) in [5, 5.41) is 8.39. The molecule has 158 valence electrons. The van der Waals surface area contributed by atoms with E-state index in [1.54, 1.807) is 6.66 Å². The van der Waals surface area contributed by atoms with Gasteiger partial charge < -0.3 is 4.57 Å². The van der Waals surface area contributed by atoms with Crippen LogP contribution in [0.1, 0.15) is 0 Å². The Labute approximate surface area is 194 Å². The van der Waals surface area contributed by atoms with Gasteiger partial charge in [0.25, 0.3) is 0 Å². The van der Waals surface area contributed by atoms with Gasteiger partial charge in [-0.05, 0) is 61.2 Å². The van der Waals surface area contributed by atoms with Gasteiger partial charge in [-0.1, -0.05) is 115 Å². The van der Waals surface area contributed by atoms with Crippen molar-refractivity contribution in [3.05, 3.63) is 115 Å². The van der Waals surface area contributed by atoms with Crippen molar-refractivity contribution in [3.63, 3.8) is 0 Å². The minimum atomic E-state index is -1.71. The van der Waals surface area contributed by atoms with Crippen molar-refractivity contribution >= 4 is 45.4 Å². The molecule has 33 heavy (non-hydrogen) atoms. The molecule has 1 unspecified atom stereocenters. The molecule has 6 aromatic carbocycles. The standard InChI is InChI=1S/C31H23OP/c1-33(32)23-19-17-22(18-20-23)30-26-12-4-6-14-28(26)31(29-15-7-5-13-27(29)30)25-16-8-10-21-9-2-3-11-24(21)25/h2-20,33H,1H3. The first-order chi connectivity index (χ1) is 16.2. The minimum absolute atomic E-state index is 0.921. The number of hydrogen-bond donors (Lipinski definition) is 0. The van der Waals surface area contributed by atoms with Crippen molar-refractivity contribution in [2.24, 2.45) is 0 Å². The van der Waals surface area contributed by atoms with Crippen LogP contribution in [0.2, 0.25) is 0 Å².